The topological polar surface area (TPSA) is 45.6 Å². The van der Waals surface area contributed by atoms with E-state index in [2.05, 4.69) is 36.4 Å². The van der Waals surface area contributed by atoms with Crippen molar-refractivity contribution in [2.45, 2.75) is 52.6 Å². The van der Waals surface area contributed by atoms with Crippen molar-refractivity contribution in [1.82, 2.24) is 10.6 Å². The van der Waals surface area contributed by atoms with Crippen molar-refractivity contribution in [3.8, 4) is 0 Å². The average Bonchev–Trinajstić information content (AvgIpc) is 3.19. The van der Waals surface area contributed by atoms with E-state index in [1.54, 1.807) is 0 Å². The number of guanidine groups is 1. The molecule has 20 heavy (non-hydrogen) atoms. The normalized spacial score (nSPS) is 16.8. The van der Waals surface area contributed by atoms with E-state index in [1.807, 2.05) is 7.05 Å². The molecule has 0 aliphatic heterocycles. The van der Waals surface area contributed by atoms with E-state index in [9.17, 15) is 0 Å². The smallest absolute Gasteiger partial charge is 0.190 e. The minimum absolute atomic E-state index is 0. The van der Waals surface area contributed by atoms with Crippen LogP contribution in [0.15, 0.2) is 4.99 Å². The van der Waals surface area contributed by atoms with Crippen LogP contribution in [-0.4, -0.2) is 38.8 Å². The number of halogens is 1. The molecular weight excluding hydrogens is 365 g/mol. The van der Waals surface area contributed by atoms with E-state index in [0.717, 1.165) is 38.0 Å². The minimum Gasteiger partial charge on any atom is -0.378 e. The largest absolute Gasteiger partial charge is 0.378 e. The summed E-state index contributed by atoms with van der Waals surface area (Å²) in [5.74, 6) is 2.44. The number of nitrogens with zero attached hydrogens (tertiary/aromatic N) is 1. The molecule has 2 N–H and O–H groups in total. The third kappa shape index (κ3) is 9.00. The van der Waals surface area contributed by atoms with E-state index in [-0.39, 0.29) is 24.0 Å². The minimum atomic E-state index is 0. The SMILES string of the molecule is CCOC(CCNC(=NC)NCCC1CC1)C(C)C.I. The van der Waals surface area contributed by atoms with Gasteiger partial charge in [0, 0.05) is 26.7 Å². The lowest BCUT2D eigenvalue weighted by Gasteiger charge is -2.21. The molecule has 0 spiro atoms. The monoisotopic (exact) mass is 397 g/mol. The van der Waals surface area contributed by atoms with Crippen LogP contribution in [0.2, 0.25) is 0 Å². The van der Waals surface area contributed by atoms with Crippen LogP contribution in [0.1, 0.15) is 46.5 Å². The van der Waals surface area contributed by atoms with Gasteiger partial charge in [-0.05, 0) is 31.6 Å². The predicted molar refractivity (Wildman–Crippen MR) is 97.0 cm³/mol. The number of aliphatic imine (C=N–C) groups is 1. The van der Waals surface area contributed by atoms with Gasteiger partial charge in [-0.2, -0.15) is 0 Å². The van der Waals surface area contributed by atoms with Crippen molar-refractivity contribution >= 4 is 29.9 Å². The summed E-state index contributed by atoms with van der Waals surface area (Å²) in [6.07, 6.45) is 5.46. The van der Waals surface area contributed by atoms with Gasteiger partial charge in [0.2, 0.25) is 0 Å². The number of rotatable bonds is 9. The summed E-state index contributed by atoms with van der Waals surface area (Å²) in [7, 11) is 1.83. The molecule has 1 rings (SSSR count). The van der Waals surface area contributed by atoms with Crippen LogP contribution in [0.4, 0.5) is 0 Å². The standard InChI is InChI=1S/C15H31N3O.HI/c1-5-19-14(12(2)3)9-11-18-15(16-4)17-10-8-13-6-7-13;/h12-14H,5-11H2,1-4H3,(H2,16,17,18);1H. The Morgan fingerprint density at radius 3 is 2.40 bits per heavy atom. The van der Waals surface area contributed by atoms with Crippen molar-refractivity contribution in [2.75, 3.05) is 26.7 Å². The maximum Gasteiger partial charge on any atom is 0.190 e. The van der Waals surface area contributed by atoms with Crippen LogP contribution >= 0.6 is 24.0 Å². The van der Waals surface area contributed by atoms with Crippen LogP contribution < -0.4 is 10.6 Å². The molecule has 1 saturated carbocycles. The predicted octanol–water partition coefficient (Wildman–Crippen LogP) is 3.02. The molecule has 0 heterocycles. The molecule has 5 heteroatoms. The lowest BCUT2D eigenvalue weighted by atomic mass is 10.0. The molecule has 0 aromatic rings. The Hall–Kier alpha value is -0.0400. The maximum absolute atomic E-state index is 5.74. The lowest BCUT2D eigenvalue weighted by molar-refractivity contribution is 0.0258. The Morgan fingerprint density at radius 2 is 1.90 bits per heavy atom. The fourth-order valence-electron chi connectivity index (χ4n) is 2.18. The first-order valence-corrected chi connectivity index (χ1v) is 7.73. The molecule has 1 aliphatic rings. The van der Waals surface area contributed by atoms with Gasteiger partial charge < -0.3 is 15.4 Å². The van der Waals surface area contributed by atoms with E-state index in [1.165, 1.54) is 19.3 Å². The van der Waals surface area contributed by atoms with E-state index >= 15 is 0 Å². The van der Waals surface area contributed by atoms with Crippen molar-refractivity contribution < 1.29 is 4.74 Å². The van der Waals surface area contributed by atoms with Crippen LogP contribution in [0.25, 0.3) is 0 Å². The van der Waals surface area contributed by atoms with Crippen LogP contribution in [0, 0.1) is 11.8 Å². The summed E-state index contributed by atoms with van der Waals surface area (Å²) in [6, 6.07) is 0. The number of hydrogen-bond acceptors (Lipinski definition) is 2. The molecule has 0 saturated heterocycles. The molecule has 120 valence electrons. The van der Waals surface area contributed by atoms with Crippen molar-refractivity contribution in [2.24, 2.45) is 16.8 Å². The molecule has 1 atom stereocenters. The third-order valence-electron chi connectivity index (χ3n) is 3.61. The Kier molecular flexibility index (Phi) is 11.6. The molecule has 1 unspecified atom stereocenters. The highest BCUT2D eigenvalue weighted by Gasteiger charge is 2.20. The van der Waals surface area contributed by atoms with Crippen LogP contribution in [0.5, 0.6) is 0 Å². The van der Waals surface area contributed by atoms with Gasteiger partial charge in [-0.25, -0.2) is 0 Å². The van der Waals surface area contributed by atoms with Gasteiger partial charge in [0.25, 0.3) is 0 Å². The fraction of sp³-hybridized carbons (Fsp3) is 0.933. The first-order valence-electron chi connectivity index (χ1n) is 7.73. The molecule has 0 aromatic carbocycles. The molecule has 0 bridgehead atoms. The second kappa shape index (κ2) is 11.6. The van der Waals surface area contributed by atoms with Crippen molar-refractivity contribution in [1.29, 1.82) is 0 Å². The highest BCUT2D eigenvalue weighted by Crippen LogP contribution is 2.31. The molecule has 0 aromatic heterocycles. The first-order chi connectivity index (χ1) is 9.17. The summed E-state index contributed by atoms with van der Waals surface area (Å²) in [6.45, 7) is 9.21. The van der Waals surface area contributed by atoms with Crippen molar-refractivity contribution in [3.05, 3.63) is 0 Å². The van der Waals surface area contributed by atoms with Gasteiger partial charge in [0.1, 0.15) is 0 Å². The van der Waals surface area contributed by atoms with Gasteiger partial charge in [-0.3, -0.25) is 4.99 Å². The zero-order chi connectivity index (χ0) is 14.1. The number of nitrogens with one attached hydrogen (secondary N) is 2. The number of ether oxygens (including phenoxy) is 1. The van der Waals surface area contributed by atoms with E-state index in [4.69, 9.17) is 4.74 Å². The molecule has 4 nitrogen and oxygen atoms in total. The van der Waals surface area contributed by atoms with Gasteiger partial charge in [-0.1, -0.05) is 26.7 Å². The lowest BCUT2D eigenvalue weighted by Crippen LogP contribution is -2.39. The van der Waals surface area contributed by atoms with E-state index < -0.39 is 0 Å². The molecular formula is C15H32IN3O. The Morgan fingerprint density at radius 1 is 1.25 bits per heavy atom. The summed E-state index contributed by atoms with van der Waals surface area (Å²) >= 11 is 0. The fourth-order valence-corrected chi connectivity index (χ4v) is 2.18. The second-order valence-corrected chi connectivity index (χ2v) is 5.68. The van der Waals surface area contributed by atoms with Crippen LogP contribution in [0.3, 0.4) is 0 Å². The summed E-state index contributed by atoms with van der Waals surface area (Å²) < 4.78 is 5.74. The van der Waals surface area contributed by atoms with Gasteiger partial charge >= 0.3 is 0 Å². The summed E-state index contributed by atoms with van der Waals surface area (Å²) in [4.78, 5) is 4.25. The summed E-state index contributed by atoms with van der Waals surface area (Å²) in [5, 5.41) is 6.74. The molecule has 1 fully saturated rings. The zero-order valence-corrected chi connectivity index (χ0v) is 15.8. The summed E-state index contributed by atoms with van der Waals surface area (Å²) in [5.41, 5.74) is 0. The maximum atomic E-state index is 5.74. The average molecular weight is 397 g/mol. The first kappa shape index (κ1) is 20.0. The van der Waals surface area contributed by atoms with E-state index in [0.29, 0.717) is 12.0 Å². The zero-order valence-electron chi connectivity index (χ0n) is 13.4. The Labute approximate surface area is 141 Å². The van der Waals surface area contributed by atoms with Gasteiger partial charge in [-0.15, -0.1) is 24.0 Å². The highest BCUT2D eigenvalue weighted by molar-refractivity contribution is 14.0. The Balaban J connectivity index is 0.00000361. The Bertz CT molecular complexity index is 268. The second-order valence-electron chi connectivity index (χ2n) is 5.68. The quantitative estimate of drug-likeness (QED) is 0.357. The third-order valence-corrected chi connectivity index (χ3v) is 3.61. The molecule has 0 radical (unpaired) electrons. The highest BCUT2D eigenvalue weighted by atomic mass is 127. The molecule has 0 amide bonds. The van der Waals surface area contributed by atoms with Crippen LogP contribution in [-0.2, 0) is 4.74 Å². The number of hydrogen-bond donors (Lipinski definition) is 2. The van der Waals surface area contributed by atoms with Gasteiger partial charge in [0.05, 0.1) is 6.10 Å². The molecule has 1 aliphatic carbocycles. The van der Waals surface area contributed by atoms with Crippen molar-refractivity contribution in [3.63, 3.8) is 0 Å². The van der Waals surface area contributed by atoms with Gasteiger partial charge in [0.15, 0.2) is 5.96 Å².